The van der Waals surface area contributed by atoms with Crippen LogP contribution in [0.4, 0.5) is 14.9 Å². The molecule has 1 atom stereocenters. The van der Waals surface area contributed by atoms with Gasteiger partial charge in [-0.3, -0.25) is 4.79 Å². The quantitative estimate of drug-likeness (QED) is 0.516. The number of amides is 2. The van der Waals surface area contributed by atoms with Gasteiger partial charge in [0.25, 0.3) is 5.91 Å². The average Bonchev–Trinajstić information content (AvgIpc) is 3.02. The Hall–Kier alpha value is -4.00. The van der Waals surface area contributed by atoms with Gasteiger partial charge in [-0.1, -0.05) is 48.5 Å². The van der Waals surface area contributed by atoms with Crippen LogP contribution in [0.3, 0.4) is 0 Å². The van der Waals surface area contributed by atoms with Crippen LogP contribution in [0.2, 0.25) is 0 Å². The number of rotatable bonds is 3. The van der Waals surface area contributed by atoms with Crippen molar-refractivity contribution in [2.75, 3.05) is 4.90 Å². The van der Waals surface area contributed by atoms with Crippen molar-refractivity contribution < 1.29 is 28.2 Å². The summed E-state index contributed by atoms with van der Waals surface area (Å²) in [6, 6.07) is 19.9. The molecule has 0 saturated heterocycles. The summed E-state index contributed by atoms with van der Waals surface area (Å²) in [5.41, 5.74) is -2.38. The van der Waals surface area contributed by atoms with Crippen LogP contribution in [-0.4, -0.2) is 23.6 Å². The van der Waals surface area contributed by atoms with Gasteiger partial charge < -0.3 is 9.47 Å². The lowest BCUT2D eigenvalue weighted by Gasteiger charge is -2.29. The smallest absolute Gasteiger partial charge is 0.421 e. The predicted molar refractivity (Wildman–Crippen MR) is 119 cm³/mol. The summed E-state index contributed by atoms with van der Waals surface area (Å²) in [4.78, 5) is 40.9. The van der Waals surface area contributed by atoms with Crippen molar-refractivity contribution in [2.24, 2.45) is 0 Å². The number of ether oxygens (including phenoxy) is 2. The maximum absolute atomic E-state index is 14.4. The molecule has 0 N–H and O–H groups in total. The maximum atomic E-state index is 14.4. The first-order chi connectivity index (χ1) is 15.6. The zero-order valence-corrected chi connectivity index (χ0v) is 18.4. The first-order valence-electron chi connectivity index (χ1n) is 10.3. The lowest BCUT2D eigenvalue weighted by Crippen LogP contribution is -2.48. The second-order valence-corrected chi connectivity index (χ2v) is 8.59. The van der Waals surface area contributed by atoms with Crippen LogP contribution in [0.1, 0.15) is 42.3 Å². The molecule has 1 aliphatic heterocycles. The van der Waals surface area contributed by atoms with E-state index in [1.807, 2.05) is 0 Å². The molecule has 0 saturated carbocycles. The molecule has 0 spiro atoms. The number of hydrogen-bond donors (Lipinski definition) is 0. The SMILES string of the molecule is CC(C)(C)OC(=O)N1C(=O)[C@](OC(=O)c2ccccc2)(c2ccccc2)c2cc(F)ccc21. The number of benzene rings is 3. The lowest BCUT2D eigenvalue weighted by molar-refractivity contribution is -0.133. The van der Waals surface area contributed by atoms with Crippen molar-refractivity contribution in [3.05, 3.63) is 101 Å². The highest BCUT2D eigenvalue weighted by Crippen LogP contribution is 2.48. The van der Waals surface area contributed by atoms with E-state index in [1.165, 1.54) is 6.07 Å². The van der Waals surface area contributed by atoms with Gasteiger partial charge in [-0.2, -0.15) is 0 Å². The number of nitrogens with zero attached hydrogens (tertiary/aromatic N) is 1. The number of halogens is 1. The van der Waals surface area contributed by atoms with Gasteiger partial charge in [-0.25, -0.2) is 18.9 Å². The summed E-state index contributed by atoms with van der Waals surface area (Å²) in [6.45, 7) is 4.99. The monoisotopic (exact) mass is 447 g/mol. The molecule has 168 valence electrons. The first kappa shape index (κ1) is 22.2. The summed E-state index contributed by atoms with van der Waals surface area (Å²) in [7, 11) is 0. The number of anilines is 1. The fraction of sp³-hybridized carbons (Fsp3) is 0.192. The fourth-order valence-electron chi connectivity index (χ4n) is 3.74. The maximum Gasteiger partial charge on any atom is 0.421 e. The zero-order valence-electron chi connectivity index (χ0n) is 18.4. The Balaban J connectivity index is 1.92. The van der Waals surface area contributed by atoms with Gasteiger partial charge in [0.15, 0.2) is 0 Å². The molecule has 2 amide bonds. The molecule has 1 heterocycles. The van der Waals surface area contributed by atoms with Gasteiger partial charge >= 0.3 is 12.1 Å². The Morgan fingerprint density at radius 2 is 1.52 bits per heavy atom. The second-order valence-electron chi connectivity index (χ2n) is 8.59. The number of carbonyl (C=O) groups excluding carboxylic acids is 3. The van der Waals surface area contributed by atoms with Crippen LogP contribution >= 0.6 is 0 Å². The molecule has 0 aromatic heterocycles. The Bertz CT molecular complexity index is 1220. The van der Waals surface area contributed by atoms with Crippen LogP contribution in [-0.2, 0) is 19.9 Å². The summed E-state index contributed by atoms with van der Waals surface area (Å²) in [5, 5.41) is 0. The van der Waals surface area contributed by atoms with Gasteiger partial charge in [0.2, 0.25) is 5.60 Å². The van der Waals surface area contributed by atoms with Gasteiger partial charge in [0.05, 0.1) is 11.3 Å². The van der Waals surface area contributed by atoms with Crippen LogP contribution in [0.25, 0.3) is 0 Å². The molecule has 0 aliphatic carbocycles. The number of hydrogen-bond acceptors (Lipinski definition) is 5. The molecule has 3 aromatic rings. The third kappa shape index (κ3) is 3.98. The van der Waals surface area contributed by atoms with Gasteiger partial charge in [-0.05, 0) is 51.1 Å². The number of esters is 1. The third-order valence-electron chi connectivity index (χ3n) is 5.09. The highest BCUT2D eigenvalue weighted by Gasteiger charge is 2.58. The fourth-order valence-corrected chi connectivity index (χ4v) is 3.74. The zero-order chi connectivity index (χ0) is 23.8. The summed E-state index contributed by atoms with van der Waals surface area (Å²) in [6.07, 6.45) is -0.950. The summed E-state index contributed by atoms with van der Waals surface area (Å²) < 4.78 is 25.7. The van der Waals surface area contributed by atoms with E-state index in [-0.39, 0.29) is 22.4 Å². The predicted octanol–water partition coefficient (Wildman–Crippen LogP) is 5.21. The van der Waals surface area contributed by atoms with Crippen LogP contribution in [0, 0.1) is 5.82 Å². The Morgan fingerprint density at radius 3 is 2.12 bits per heavy atom. The first-order valence-corrected chi connectivity index (χ1v) is 10.3. The molecule has 33 heavy (non-hydrogen) atoms. The normalized spacial score (nSPS) is 17.5. The minimum Gasteiger partial charge on any atom is -0.443 e. The molecule has 7 heteroatoms. The third-order valence-corrected chi connectivity index (χ3v) is 5.09. The molecule has 0 bridgehead atoms. The molecule has 3 aromatic carbocycles. The number of carbonyl (C=O) groups is 3. The van der Waals surface area contributed by atoms with E-state index in [1.54, 1.807) is 81.4 Å². The molecule has 6 nitrogen and oxygen atoms in total. The van der Waals surface area contributed by atoms with Gasteiger partial charge in [0, 0.05) is 11.1 Å². The molecular formula is C26H22FNO5. The van der Waals surface area contributed by atoms with Crippen LogP contribution < -0.4 is 4.90 Å². The van der Waals surface area contributed by atoms with Crippen molar-refractivity contribution in [3.63, 3.8) is 0 Å². The lowest BCUT2D eigenvalue weighted by atomic mass is 9.87. The highest BCUT2D eigenvalue weighted by atomic mass is 19.1. The number of imide groups is 1. The van der Waals surface area contributed by atoms with Gasteiger partial charge in [-0.15, -0.1) is 0 Å². The van der Waals surface area contributed by atoms with E-state index in [0.29, 0.717) is 0 Å². The van der Waals surface area contributed by atoms with Crippen molar-refractivity contribution in [2.45, 2.75) is 32.0 Å². The molecular weight excluding hydrogens is 425 g/mol. The standard InChI is InChI=1S/C26H22FNO5/c1-25(2,3)33-24(31)28-21-15-14-19(27)16-20(21)26(23(28)30,18-12-8-5-9-13-18)32-22(29)17-10-6-4-7-11-17/h4-16H,1-3H3/t26-/m0/s1. The van der Waals surface area contributed by atoms with Crippen molar-refractivity contribution in [1.29, 1.82) is 0 Å². The van der Waals surface area contributed by atoms with Crippen molar-refractivity contribution in [3.8, 4) is 0 Å². The second kappa shape index (κ2) is 8.16. The van der Waals surface area contributed by atoms with Crippen LogP contribution in [0.15, 0.2) is 78.9 Å². The van der Waals surface area contributed by atoms with E-state index in [4.69, 9.17) is 9.47 Å². The molecule has 0 radical (unpaired) electrons. The molecule has 1 aliphatic rings. The van der Waals surface area contributed by atoms with Crippen LogP contribution in [0.5, 0.6) is 0 Å². The Morgan fingerprint density at radius 1 is 0.909 bits per heavy atom. The summed E-state index contributed by atoms with van der Waals surface area (Å²) >= 11 is 0. The molecule has 0 fully saturated rings. The van der Waals surface area contributed by atoms with Crippen molar-refractivity contribution >= 4 is 23.7 Å². The Kier molecular flexibility index (Phi) is 5.49. The largest absolute Gasteiger partial charge is 0.443 e. The summed E-state index contributed by atoms with van der Waals surface area (Å²) in [5.74, 6) is -2.31. The van der Waals surface area contributed by atoms with Gasteiger partial charge in [0.1, 0.15) is 11.4 Å². The molecule has 4 rings (SSSR count). The minimum absolute atomic E-state index is 0.0360. The highest BCUT2D eigenvalue weighted by molar-refractivity contribution is 6.22. The van der Waals surface area contributed by atoms with E-state index in [2.05, 4.69) is 0 Å². The van der Waals surface area contributed by atoms with Crippen molar-refractivity contribution in [1.82, 2.24) is 0 Å². The average molecular weight is 447 g/mol. The number of fused-ring (bicyclic) bond motifs is 1. The Labute approximate surface area is 190 Å². The molecule has 0 unspecified atom stereocenters. The van der Waals surface area contributed by atoms with E-state index < -0.39 is 35.0 Å². The van der Waals surface area contributed by atoms with E-state index in [9.17, 15) is 18.8 Å². The topological polar surface area (TPSA) is 72.9 Å². The van der Waals surface area contributed by atoms with E-state index in [0.717, 1.165) is 17.0 Å². The minimum atomic E-state index is -2.08. The van der Waals surface area contributed by atoms with E-state index >= 15 is 0 Å².